The molecule has 92 valence electrons. The quantitative estimate of drug-likeness (QED) is 0.858. The highest BCUT2D eigenvalue weighted by atomic mass is 16.5. The fourth-order valence-electron chi connectivity index (χ4n) is 2.06. The largest absolute Gasteiger partial charge is 0.497 e. The zero-order valence-electron chi connectivity index (χ0n) is 10.6. The Bertz CT molecular complexity index is 490. The summed E-state index contributed by atoms with van der Waals surface area (Å²) in [5.41, 5.74) is 0.914. The summed E-state index contributed by atoms with van der Waals surface area (Å²) >= 11 is 0. The zero-order chi connectivity index (χ0) is 12.3. The molecule has 0 aliphatic heterocycles. The monoisotopic (exact) mass is 233 g/mol. The van der Waals surface area contributed by atoms with Crippen LogP contribution in [0.3, 0.4) is 0 Å². The molecular formula is C14H19NO2. The summed E-state index contributed by atoms with van der Waals surface area (Å²) < 4.78 is 11.1. The number of fused-ring (bicyclic) bond motifs is 1. The van der Waals surface area contributed by atoms with Gasteiger partial charge in [-0.3, -0.25) is 0 Å². The van der Waals surface area contributed by atoms with E-state index in [1.165, 1.54) is 0 Å². The standard InChI is InChI=1S/C14H19NO2/c1-4-5-12(15-2)14-9-10-8-11(16-3)6-7-13(10)17-14/h6-9,12,15H,4-5H2,1-3H3. The maximum atomic E-state index is 5.86. The molecule has 0 bridgehead atoms. The highest BCUT2D eigenvalue weighted by Gasteiger charge is 2.13. The van der Waals surface area contributed by atoms with E-state index in [2.05, 4.69) is 18.3 Å². The molecule has 17 heavy (non-hydrogen) atoms. The van der Waals surface area contributed by atoms with Gasteiger partial charge in [-0.2, -0.15) is 0 Å². The van der Waals surface area contributed by atoms with Crippen LogP contribution in [-0.4, -0.2) is 14.2 Å². The van der Waals surface area contributed by atoms with Crippen molar-refractivity contribution < 1.29 is 9.15 Å². The van der Waals surface area contributed by atoms with Crippen molar-refractivity contribution in [3.8, 4) is 5.75 Å². The molecule has 1 aromatic heterocycles. The van der Waals surface area contributed by atoms with Crippen molar-refractivity contribution in [1.29, 1.82) is 0 Å². The second-order valence-electron chi connectivity index (χ2n) is 4.18. The van der Waals surface area contributed by atoms with E-state index in [-0.39, 0.29) is 0 Å². The summed E-state index contributed by atoms with van der Waals surface area (Å²) in [6.45, 7) is 2.18. The summed E-state index contributed by atoms with van der Waals surface area (Å²) in [4.78, 5) is 0. The Balaban J connectivity index is 2.36. The second kappa shape index (κ2) is 5.23. The van der Waals surface area contributed by atoms with Gasteiger partial charge in [0.2, 0.25) is 0 Å². The molecule has 3 nitrogen and oxygen atoms in total. The summed E-state index contributed by atoms with van der Waals surface area (Å²) in [5, 5.41) is 4.38. The molecule has 3 heteroatoms. The van der Waals surface area contributed by atoms with Crippen LogP contribution >= 0.6 is 0 Å². The Hall–Kier alpha value is -1.48. The van der Waals surface area contributed by atoms with E-state index in [9.17, 15) is 0 Å². The van der Waals surface area contributed by atoms with E-state index in [1.54, 1.807) is 7.11 Å². The Morgan fingerprint density at radius 1 is 1.35 bits per heavy atom. The van der Waals surface area contributed by atoms with Crippen LogP contribution in [0, 0.1) is 0 Å². The van der Waals surface area contributed by atoms with Gasteiger partial charge in [-0.15, -0.1) is 0 Å². The van der Waals surface area contributed by atoms with Gasteiger partial charge in [-0.1, -0.05) is 13.3 Å². The number of nitrogens with one attached hydrogen (secondary N) is 1. The van der Waals surface area contributed by atoms with Gasteiger partial charge < -0.3 is 14.5 Å². The molecule has 0 radical (unpaired) electrons. The Morgan fingerprint density at radius 3 is 2.82 bits per heavy atom. The molecule has 0 amide bonds. The van der Waals surface area contributed by atoms with Crippen LogP contribution in [-0.2, 0) is 0 Å². The molecule has 1 N–H and O–H groups in total. The minimum Gasteiger partial charge on any atom is -0.497 e. The van der Waals surface area contributed by atoms with Gasteiger partial charge in [0.1, 0.15) is 17.1 Å². The predicted molar refractivity (Wildman–Crippen MR) is 69.5 cm³/mol. The normalized spacial score (nSPS) is 12.9. The van der Waals surface area contributed by atoms with Crippen molar-refractivity contribution >= 4 is 11.0 Å². The van der Waals surface area contributed by atoms with Crippen molar-refractivity contribution in [1.82, 2.24) is 5.32 Å². The first-order valence-corrected chi connectivity index (χ1v) is 6.03. The van der Waals surface area contributed by atoms with Crippen molar-refractivity contribution in [2.75, 3.05) is 14.2 Å². The van der Waals surface area contributed by atoms with Crippen molar-refractivity contribution in [2.24, 2.45) is 0 Å². The lowest BCUT2D eigenvalue weighted by Gasteiger charge is -2.11. The third-order valence-electron chi connectivity index (χ3n) is 3.01. The van der Waals surface area contributed by atoms with E-state index < -0.39 is 0 Å². The first-order valence-electron chi connectivity index (χ1n) is 6.03. The van der Waals surface area contributed by atoms with E-state index >= 15 is 0 Å². The molecule has 0 saturated carbocycles. The molecule has 0 spiro atoms. The Morgan fingerprint density at radius 2 is 2.18 bits per heavy atom. The van der Waals surface area contributed by atoms with Gasteiger partial charge >= 0.3 is 0 Å². The number of furan rings is 1. The molecule has 1 heterocycles. The molecule has 2 rings (SSSR count). The van der Waals surface area contributed by atoms with E-state index in [0.29, 0.717) is 6.04 Å². The Labute approximate surface area is 102 Å². The first-order chi connectivity index (χ1) is 8.28. The fraction of sp³-hybridized carbons (Fsp3) is 0.429. The number of rotatable bonds is 5. The SMILES string of the molecule is CCCC(NC)c1cc2cc(OC)ccc2o1. The van der Waals surface area contributed by atoms with Crippen molar-refractivity contribution in [3.63, 3.8) is 0 Å². The zero-order valence-corrected chi connectivity index (χ0v) is 10.6. The lowest BCUT2D eigenvalue weighted by Crippen LogP contribution is -2.15. The summed E-state index contributed by atoms with van der Waals surface area (Å²) in [6, 6.07) is 8.26. The predicted octanol–water partition coefficient (Wildman–Crippen LogP) is 3.50. The van der Waals surface area contributed by atoms with Gasteiger partial charge in [0.25, 0.3) is 0 Å². The number of methoxy groups -OCH3 is 1. The lowest BCUT2D eigenvalue weighted by atomic mass is 10.1. The van der Waals surface area contributed by atoms with Crippen LogP contribution in [0.25, 0.3) is 11.0 Å². The van der Waals surface area contributed by atoms with Crippen LogP contribution in [0.2, 0.25) is 0 Å². The molecular weight excluding hydrogens is 214 g/mol. The van der Waals surface area contributed by atoms with E-state index in [4.69, 9.17) is 9.15 Å². The number of hydrogen-bond donors (Lipinski definition) is 1. The lowest BCUT2D eigenvalue weighted by molar-refractivity contribution is 0.414. The first kappa shape index (κ1) is 12.0. The Kier molecular flexibility index (Phi) is 3.69. The molecule has 1 atom stereocenters. The molecule has 2 aromatic rings. The maximum Gasteiger partial charge on any atom is 0.134 e. The minimum absolute atomic E-state index is 0.290. The molecule has 0 saturated heterocycles. The molecule has 0 fully saturated rings. The molecule has 0 aliphatic carbocycles. The molecule has 1 aromatic carbocycles. The van der Waals surface area contributed by atoms with Crippen LogP contribution < -0.4 is 10.1 Å². The third-order valence-corrected chi connectivity index (χ3v) is 3.01. The van der Waals surface area contributed by atoms with Crippen LogP contribution in [0.4, 0.5) is 0 Å². The minimum atomic E-state index is 0.290. The van der Waals surface area contributed by atoms with Crippen LogP contribution in [0.5, 0.6) is 5.75 Å². The van der Waals surface area contributed by atoms with Crippen LogP contribution in [0.1, 0.15) is 31.6 Å². The summed E-state index contributed by atoms with van der Waals surface area (Å²) in [6.07, 6.45) is 2.21. The van der Waals surface area contributed by atoms with Gasteiger partial charge in [0, 0.05) is 5.39 Å². The van der Waals surface area contributed by atoms with E-state index in [0.717, 1.165) is 35.3 Å². The number of hydrogen-bond acceptors (Lipinski definition) is 3. The number of benzene rings is 1. The summed E-state index contributed by atoms with van der Waals surface area (Å²) in [5.74, 6) is 1.86. The fourth-order valence-corrected chi connectivity index (χ4v) is 2.06. The van der Waals surface area contributed by atoms with Crippen molar-refractivity contribution in [2.45, 2.75) is 25.8 Å². The average molecular weight is 233 g/mol. The van der Waals surface area contributed by atoms with Gasteiger partial charge in [0.15, 0.2) is 0 Å². The highest BCUT2D eigenvalue weighted by molar-refractivity contribution is 5.79. The highest BCUT2D eigenvalue weighted by Crippen LogP contribution is 2.28. The van der Waals surface area contributed by atoms with Gasteiger partial charge in [-0.05, 0) is 37.7 Å². The number of ether oxygens (including phenoxy) is 1. The van der Waals surface area contributed by atoms with Gasteiger partial charge in [-0.25, -0.2) is 0 Å². The van der Waals surface area contributed by atoms with E-state index in [1.807, 2.05) is 25.2 Å². The smallest absolute Gasteiger partial charge is 0.134 e. The van der Waals surface area contributed by atoms with Crippen molar-refractivity contribution in [3.05, 3.63) is 30.0 Å². The maximum absolute atomic E-state index is 5.86. The van der Waals surface area contributed by atoms with Crippen LogP contribution in [0.15, 0.2) is 28.7 Å². The second-order valence-corrected chi connectivity index (χ2v) is 4.18. The third kappa shape index (κ3) is 2.44. The summed E-state index contributed by atoms with van der Waals surface area (Å²) in [7, 11) is 3.64. The molecule has 1 unspecified atom stereocenters. The van der Waals surface area contributed by atoms with Gasteiger partial charge in [0.05, 0.1) is 13.2 Å². The average Bonchev–Trinajstić information content (AvgIpc) is 2.78. The molecule has 0 aliphatic rings. The topological polar surface area (TPSA) is 34.4 Å².